The molecule has 1 amide bonds. The number of esters is 1. The smallest absolute Gasteiger partial charge is 0.325 e. The first-order valence-electron chi connectivity index (χ1n) is 10.5. The van der Waals surface area contributed by atoms with Crippen molar-refractivity contribution in [3.63, 3.8) is 0 Å². The Balaban J connectivity index is 1.56. The molecule has 1 aromatic carbocycles. The van der Waals surface area contributed by atoms with Crippen molar-refractivity contribution in [3.05, 3.63) is 41.5 Å². The lowest BCUT2D eigenvalue weighted by molar-refractivity contribution is -0.143. The van der Waals surface area contributed by atoms with Gasteiger partial charge in [0, 0.05) is 19.0 Å². The molecule has 1 saturated heterocycles. The van der Waals surface area contributed by atoms with Gasteiger partial charge in [0.1, 0.15) is 18.4 Å². The number of aryl methyl sites for hydroxylation is 1. The number of hydrogen-bond acceptors (Lipinski definition) is 6. The highest BCUT2D eigenvalue weighted by molar-refractivity contribution is 5.86. The van der Waals surface area contributed by atoms with E-state index < -0.39 is 5.97 Å². The average molecular weight is 419 g/mol. The predicted molar refractivity (Wildman–Crippen MR) is 117 cm³/mol. The number of para-hydroxylation sites is 2. The molecule has 0 unspecified atom stereocenters. The van der Waals surface area contributed by atoms with E-state index in [1.165, 1.54) is 0 Å². The van der Waals surface area contributed by atoms with Crippen LogP contribution in [0.1, 0.15) is 30.9 Å². The topological polar surface area (TPSA) is 99.7 Å². The Labute approximate surface area is 180 Å². The van der Waals surface area contributed by atoms with Gasteiger partial charge in [0.25, 0.3) is 0 Å². The van der Waals surface area contributed by atoms with Crippen LogP contribution in [0.4, 0.5) is 5.82 Å². The van der Waals surface area contributed by atoms with Gasteiger partial charge in [-0.1, -0.05) is 12.1 Å². The number of pyridine rings is 1. The Morgan fingerprint density at radius 3 is 2.74 bits per heavy atom. The second kappa shape index (κ2) is 8.64. The van der Waals surface area contributed by atoms with Gasteiger partial charge in [-0.05, 0) is 50.5 Å². The van der Waals surface area contributed by atoms with Crippen molar-refractivity contribution in [3.8, 4) is 6.07 Å². The van der Waals surface area contributed by atoms with Crippen LogP contribution in [0.2, 0.25) is 0 Å². The number of nitrogens with one attached hydrogen (secondary N) is 1. The van der Waals surface area contributed by atoms with E-state index in [0.29, 0.717) is 43.7 Å². The maximum Gasteiger partial charge on any atom is 0.325 e. The summed E-state index contributed by atoms with van der Waals surface area (Å²) >= 11 is 0. The average Bonchev–Trinajstić information content (AvgIpc) is 3.16. The summed E-state index contributed by atoms with van der Waals surface area (Å²) in [5, 5.41) is 12.3. The minimum atomic E-state index is -0.421. The molecule has 1 fully saturated rings. The third-order valence-corrected chi connectivity index (χ3v) is 5.77. The van der Waals surface area contributed by atoms with Crippen molar-refractivity contribution in [1.82, 2.24) is 14.7 Å². The minimum absolute atomic E-state index is 0.0939. The van der Waals surface area contributed by atoms with Crippen LogP contribution in [0.5, 0.6) is 0 Å². The third-order valence-electron chi connectivity index (χ3n) is 5.77. The van der Waals surface area contributed by atoms with Gasteiger partial charge in [-0.2, -0.15) is 5.26 Å². The van der Waals surface area contributed by atoms with E-state index in [1.807, 2.05) is 41.7 Å². The maximum absolute atomic E-state index is 12.4. The number of amides is 1. The van der Waals surface area contributed by atoms with E-state index in [0.717, 1.165) is 22.4 Å². The van der Waals surface area contributed by atoms with Crippen molar-refractivity contribution in [2.45, 2.75) is 26.7 Å². The van der Waals surface area contributed by atoms with Crippen molar-refractivity contribution in [1.29, 1.82) is 5.26 Å². The molecule has 0 saturated carbocycles. The van der Waals surface area contributed by atoms with Crippen LogP contribution < -0.4 is 10.2 Å². The summed E-state index contributed by atoms with van der Waals surface area (Å²) in [7, 11) is 0. The zero-order valence-corrected chi connectivity index (χ0v) is 17.7. The van der Waals surface area contributed by atoms with Gasteiger partial charge in [0.2, 0.25) is 5.91 Å². The molecule has 1 aliphatic rings. The van der Waals surface area contributed by atoms with E-state index in [4.69, 9.17) is 9.72 Å². The zero-order valence-electron chi connectivity index (χ0n) is 17.7. The number of nitrogens with zero attached hydrogens (tertiary/aromatic N) is 4. The Bertz CT molecular complexity index is 1190. The van der Waals surface area contributed by atoms with E-state index in [2.05, 4.69) is 16.3 Å². The number of rotatable bonds is 5. The summed E-state index contributed by atoms with van der Waals surface area (Å²) in [6.07, 6.45) is 1.36. The lowest BCUT2D eigenvalue weighted by atomic mass is 9.95. The minimum Gasteiger partial charge on any atom is -0.465 e. The molecule has 8 nitrogen and oxygen atoms in total. The quantitative estimate of drug-likeness (QED) is 0.638. The van der Waals surface area contributed by atoms with Gasteiger partial charge in [-0.15, -0.1) is 0 Å². The summed E-state index contributed by atoms with van der Waals surface area (Å²) in [5.74, 6) is 0.309. The molecule has 8 heteroatoms. The fourth-order valence-corrected chi connectivity index (χ4v) is 4.19. The third kappa shape index (κ3) is 3.91. The summed E-state index contributed by atoms with van der Waals surface area (Å²) in [6.45, 7) is 5.27. The highest BCUT2D eigenvalue weighted by Crippen LogP contribution is 2.31. The number of benzene rings is 1. The molecule has 0 aliphatic carbocycles. The fourth-order valence-electron chi connectivity index (χ4n) is 4.19. The van der Waals surface area contributed by atoms with Gasteiger partial charge < -0.3 is 15.0 Å². The molecule has 160 valence electrons. The molecule has 3 aromatic rings. The molecule has 1 aliphatic heterocycles. The van der Waals surface area contributed by atoms with E-state index in [-0.39, 0.29) is 18.4 Å². The Hall–Kier alpha value is -3.60. The van der Waals surface area contributed by atoms with Gasteiger partial charge in [-0.25, -0.2) is 4.98 Å². The second-order valence-electron chi connectivity index (χ2n) is 7.72. The van der Waals surface area contributed by atoms with Crippen molar-refractivity contribution < 1.29 is 14.3 Å². The first kappa shape index (κ1) is 20.7. The SMILES string of the molecule is CCOC(=O)CNC(=O)C1CCN(c2cc(C)c(C#N)c3nc4ccccc4n23)CC1. The predicted octanol–water partition coefficient (Wildman–Crippen LogP) is 2.56. The Kier molecular flexibility index (Phi) is 5.76. The van der Waals surface area contributed by atoms with Gasteiger partial charge in [0.05, 0.1) is 23.2 Å². The number of piperidine rings is 1. The number of carbonyl (C=O) groups is 2. The number of carbonyl (C=O) groups excluding carboxylic acids is 2. The van der Waals surface area contributed by atoms with E-state index >= 15 is 0 Å². The molecule has 31 heavy (non-hydrogen) atoms. The normalized spacial score (nSPS) is 14.5. The zero-order chi connectivity index (χ0) is 22.0. The van der Waals surface area contributed by atoms with E-state index in [9.17, 15) is 14.9 Å². The Morgan fingerprint density at radius 2 is 2.03 bits per heavy atom. The molecule has 4 rings (SSSR count). The molecular weight excluding hydrogens is 394 g/mol. The highest BCUT2D eigenvalue weighted by Gasteiger charge is 2.27. The van der Waals surface area contributed by atoms with Gasteiger partial charge in [-0.3, -0.25) is 14.0 Å². The van der Waals surface area contributed by atoms with Crippen LogP contribution in [-0.2, 0) is 14.3 Å². The van der Waals surface area contributed by atoms with Crippen LogP contribution in [0, 0.1) is 24.2 Å². The molecule has 0 radical (unpaired) electrons. The number of nitriles is 1. The first-order chi connectivity index (χ1) is 15.0. The number of aromatic nitrogens is 2. The van der Waals surface area contributed by atoms with Crippen LogP contribution in [0.15, 0.2) is 30.3 Å². The molecule has 1 N–H and O–H groups in total. The van der Waals surface area contributed by atoms with Crippen molar-refractivity contribution >= 4 is 34.4 Å². The standard InChI is InChI=1S/C23H25N5O3/c1-3-31-21(29)14-25-23(30)16-8-10-27(11-9-16)20-12-15(2)17(13-24)22-26-18-6-4-5-7-19(18)28(20)22/h4-7,12,16H,3,8-11,14H2,1-2H3,(H,25,30). The first-order valence-corrected chi connectivity index (χ1v) is 10.5. The van der Waals surface area contributed by atoms with Crippen molar-refractivity contribution in [2.75, 3.05) is 31.1 Å². The van der Waals surface area contributed by atoms with Crippen molar-refractivity contribution in [2.24, 2.45) is 5.92 Å². The largest absolute Gasteiger partial charge is 0.465 e. The molecule has 0 bridgehead atoms. The summed E-state index contributed by atoms with van der Waals surface area (Å²) in [4.78, 5) is 30.9. The van der Waals surface area contributed by atoms with Crippen LogP contribution in [0.25, 0.3) is 16.7 Å². The molecule has 2 aromatic heterocycles. The van der Waals surface area contributed by atoms with Crippen LogP contribution in [0.3, 0.4) is 0 Å². The van der Waals surface area contributed by atoms with E-state index in [1.54, 1.807) is 6.92 Å². The Morgan fingerprint density at radius 1 is 1.29 bits per heavy atom. The second-order valence-corrected chi connectivity index (χ2v) is 7.72. The summed E-state index contributed by atoms with van der Waals surface area (Å²) < 4.78 is 6.90. The van der Waals surface area contributed by atoms with Gasteiger partial charge >= 0.3 is 5.97 Å². The number of hydrogen-bond donors (Lipinski definition) is 1. The fraction of sp³-hybridized carbons (Fsp3) is 0.391. The molecule has 3 heterocycles. The monoisotopic (exact) mass is 419 g/mol. The lowest BCUT2D eigenvalue weighted by Gasteiger charge is -2.33. The van der Waals surface area contributed by atoms with Crippen LogP contribution in [-0.4, -0.2) is 47.5 Å². The van der Waals surface area contributed by atoms with Gasteiger partial charge in [0.15, 0.2) is 5.65 Å². The maximum atomic E-state index is 12.4. The number of fused-ring (bicyclic) bond motifs is 3. The summed E-state index contributed by atoms with van der Waals surface area (Å²) in [5.41, 5.74) is 3.92. The number of imidazole rings is 1. The lowest BCUT2D eigenvalue weighted by Crippen LogP contribution is -2.42. The highest BCUT2D eigenvalue weighted by atomic mass is 16.5. The molecule has 0 spiro atoms. The number of ether oxygens (including phenoxy) is 1. The number of anilines is 1. The molecular formula is C23H25N5O3. The summed E-state index contributed by atoms with van der Waals surface area (Å²) in [6, 6.07) is 12.2. The van der Waals surface area contributed by atoms with Crippen LogP contribution >= 0.6 is 0 Å². The molecule has 0 atom stereocenters.